The summed E-state index contributed by atoms with van der Waals surface area (Å²) < 4.78 is 32.7. The van der Waals surface area contributed by atoms with Gasteiger partial charge in [0.15, 0.2) is 5.82 Å². The third-order valence-corrected chi connectivity index (χ3v) is 6.05. The number of hydrogen-bond donors (Lipinski definition) is 2. The van der Waals surface area contributed by atoms with Crippen molar-refractivity contribution in [3.8, 4) is 5.75 Å². The van der Waals surface area contributed by atoms with Crippen LogP contribution in [0.4, 0.5) is 10.6 Å². The van der Waals surface area contributed by atoms with E-state index < -0.39 is 16.1 Å². The van der Waals surface area contributed by atoms with Gasteiger partial charge in [0.25, 0.3) is 0 Å². The third-order valence-electron chi connectivity index (χ3n) is 5.33. The summed E-state index contributed by atoms with van der Waals surface area (Å²) in [5.41, 5.74) is 2.20. The fourth-order valence-corrected chi connectivity index (χ4v) is 4.37. The van der Waals surface area contributed by atoms with Gasteiger partial charge in [-0.05, 0) is 31.0 Å². The smallest absolute Gasteiger partial charge is 0.410 e. The van der Waals surface area contributed by atoms with Gasteiger partial charge in [-0.15, -0.1) is 0 Å². The highest BCUT2D eigenvalue weighted by Gasteiger charge is 2.19. The average molecular weight is 482 g/mol. The minimum Gasteiger partial charge on any atom is -0.410 e. The molecule has 4 rings (SSSR count). The molecule has 178 valence electrons. The molecule has 0 aliphatic heterocycles. The standard InChI is InChI=1S/C24H27N5O4S/c1-3-20-27-21-22(29(20)16-10-9-15-25-34(2,31)32)18-13-7-8-14-19(18)26-23(21)28-24(30)33-17-11-5-4-6-12-17/h4-8,11-14,25H,3,9-10,15-16H2,1-2H3,(H,26,28,30). The second-order valence-corrected chi connectivity index (χ2v) is 9.74. The highest BCUT2D eigenvalue weighted by Crippen LogP contribution is 2.31. The van der Waals surface area contributed by atoms with E-state index in [-0.39, 0.29) is 0 Å². The topological polar surface area (TPSA) is 115 Å². The number of carbonyl (C=O) groups excluding carboxylic acids is 1. The molecule has 0 radical (unpaired) electrons. The van der Waals surface area contributed by atoms with Gasteiger partial charge in [-0.2, -0.15) is 0 Å². The number of carbonyl (C=O) groups is 1. The Labute approximate surface area is 198 Å². The molecule has 2 N–H and O–H groups in total. The molecule has 0 aliphatic rings. The number of para-hydroxylation sites is 2. The van der Waals surface area contributed by atoms with E-state index in [0.717, 1.165) is 34.9 Å². The first-order valence-electron chi connectivity index (χ1n) is 11.1. The fraction of sp³-hybridized carbons (Fsp3) is 0.292. The van der Waals surface area contributed by atoms with Crippen LogP contribution >= 0.6 is 0 Å². The quantitative estimate of drug-likeness (QED) is 0.348. The van der Waals surface area contributed by atoms with Gasteiger partial charge in [0.1, 0.15) is 17.1 Å². The Bertz CT molecular complexity index is 1420. The van der Waals surface area contributed by atoms with Gasteiger partial charge in [0.2, 0.25) is 10.0 Å². The lowest BCUT2D eigenvalue weighted by atomic mass is 10.2. The third kappa shape index (κ3) is 5.52. The van der Waals surface area contributed by atoms with Crippen LogP contribution in [0.5, 0.6) is 5.75 Å². The summed E-state index contributed by atoms with van der Waals surface area (Å²) in [6.45, 7) is 3.07. The minimum absolute atomic E-state index is 0.335. The summed E-state index contributed by atoms with van der Waals surface area (Å²) in [7, 11) is -3.20. The summed E-state index contributed by atoms with van der Waals surface area (Å²) in [6, 6.07) is 16.5. The maximum atomic E-state index is 12.6. The molecule has 0 unspecified atom stereocenters. The number of aromatic nitrogens is 3. The molecule has 0 atom stereocenters. The van der Waals surface area contributed by atoms with Crippen LogP contribution in [0.2, 0.25) is 0 Å². The van der Waals surface area contributed by atoms with Gasteiger partial charge in [-0.3, -0.25) is 5.32 Å². The number of nitrogens with zero attached hydrogens (tertiary/aromatic N) is 3. The van der Waals surface area contributed by atoms with Crippen LogP contribution in [0.25, 0.3) is 21.9 Å². The molecule has 2 aromatic carbocycles. The van der Waals surface area contributed by atoms with Gasteiger partial charge in [0, 0.05) is 24.9 Å². The molecule has 9 nitrogen and oxygen atoms in total. The zero-order valence-electron chi connectivity index (χ0n) is 19.1. The zero-order valence-corrected chi connectivity index (χ0v) is 19.9. The number of nitrogens with one attached hydrogen (secondary N) is 2. The van der Waals surface area contributed by atoms with Crippen molar-refractivity contribution in [1.29, 1.82) is 0 Å². The highest BCUT2D eigenvalue weighted by molar-refractivity contribution is 7.88. The maximum absolute atomic E-state index is 12.6. The number of amides is 1. The second kappa shape index (κ2) is 10.2. The van der Waals surface area contributed by atoms with E-state index in [1.165, 1.54) is 0 Å². The van der Waals surface area contributed by atoms with Crippen LogP contribution in [-0.4, -0.2) is 41.8 Å². The number of ether oxygens (including phenoxy) is 1. The maximum Gasteiger partial charge on any atom is 0.418 e. The van der Waals surface area contributed by atoms with E-state index in [9.17, 15) is 13.2 Å². The summed E-state index contributed by atoms with van der Waals surface area (Å²) in [5, 5.41) is 3.69. The molecule has 0 spiro atoms. The SMILES string of the molecule is CCc1nc2c(NC(=O)Oc3ccccc3)nc3ccccc3c2n1CCCCNS(C)(=O)=O. The number of hydrogen-bond acceptors (Lipinski definition) is 6. The first-order chi connectivity index (χ1) is 16.4. The number of rotatable bonds is 9. The van der Waals surface area contributed by atoms with Crippen molar-refractivity contribution < 1.29 is 17.9 Å². The molecule has 0 saturated heterocycles. The summed E-state index contributed by atoms with van der Waals surface area (Å²) in [5.74, 6) is 1.63. The lowest BCUT2D eigenvalue weighted by Gasteiger charge is -2.11. The summed E-state index contributed by atoms with van der Waals surface area (Å²) in [4.78, 5) is 22.0. The molecule has 0 aliphatic carbocycles. The van der Waals surface area contributed by atoms with E-state index in [1.807, 2.05) is 37.3 Å². The minimum atomic E-state index is -3.20. The lowest BCUT2D eigenvalue weighted by Crippen LogP contribution is -2.23. The molecule has 2 aromatic heterocycles. The molecule has 34 heavy (non-hydrogen) atoms. The van der Waals surface area contributed by atoms with Gasteiger partial charge >= 0.3 is 6.09 Å². The predicted molar refractivity (Wildman–Crippen MR) is 133 cm³/mol. The van der Waals surface area contributed by atoms with E-state index in [2.05, 4.69) is 19.6 Å². The number of sulfonamides is 1. The molecule has 0 bridgehead atoms. The van der Waals surface area contributed by atoms with Gasteiger partial charge < -0.3 is 9.30 Å². The Hall–Kier alpha value is -3.50. The first kappa shape index (κ1) is 23.7. The van der Waals surface area contributed by atoms with Crippen LogP contribution in [0.3, 0.4) is 0 Å². The van der Waals surface area contributed by atoms with Crippen LogP contribution < -0.4 is 14.8 Å². The molecule has 10 heteroatoms. The van der Waals surface area contributed by atoms with Crippen LogP contribution in [0, 0.1) is 0 Å². The van der Waals surface area contributed by atoms with Crippen LogP contribution in [0.15, 0.2) is 54.6 Å². The van der Waals surface area contributed by atoms with E-state index in [4.69, 9.17) is 9.72 Å². The number of pyridine rings is 1. The molecule has 0 saturated carbocycles. The van der Waals surface area contributed by atoms with Crippen molar-refractivity contribution in [1.82, 2.24) is 19.3 Å². The van der Waals surface area contributed by atoms with E-state index >= 15 is 0 Å². The van der Waals surface area contributed by atoms with Crippen molar-refractivity contribution in [2.24, 2.45) is 0 Å². The number of unbranched alkanes of at least 4 members (excludes halogenated alkanes) is 1. The molecule has 4 aromatic rings. The highest BCUT2D eigenvalue weighted by atomic mass is 32.2. The number of aryl methyl sites for hydroxylation is 2. The Kier molecular flexibility index (Phi) is 7.09. The Morgan fingerprint density at radius 3 is 2.50 bits per heavy atom. The molecular formula is C24H27N5O4S. The van der Waals surface area contributed by atoms with Gasteiger partial charge in [-0.1, -0.05) is 43.3 Å². The summed E-state index contributed by atoms with van der Waals surface area (Å²) >= 11 is 0. The Morgan fingerprint density at radius 1 is 1.03 bits per heavy atom. The van der Waals surface area contributed by atoms with Crippen molar-refractivity contribution in [2.75, 3.05) is 18.1 Å². The second-order valence-electron chi connectivity index (χ2n) is 7.91. The molecule has 0 fully saturated rings. The van der Waals surface area contributed by atoms with Gasteiger partial charge in [-0.25, -0.2) is 27.9 Å². The predicted octanol–water partition coefficient (Wildman–Crippen LogP) is 4.09. The molecule has 2 heterocycles. The number of benzene rings is 2. The van der Waals surface area contributed by atoms with Crippen LogP contribution in [-0.2, 0) is 23.0 Å². The Balaban J connectivity index is 1.66. The van der Waals surface area contributed by atoms with Crippen LogP contribution in [0.1, 0.15) is 25.6 Å². The monoisotopic (exact) mass is 481 g/mol. The van der Waals surface area contributed by atoms with E-state index in [1.54, 1.807) is 24.3 Å². The normalized spacial score (nSPS) is 11.7. The fourth-order valence-electron chi connectivity index (χ4n) is 3.85. The van der Waals surface area contributed by atoms with E-state index in [0.29, 0.717) is 43.0 Å². The van der Waals surface area contributed by atoms with Crippen molar-refractivity contribution in [3.05, 3.63) is 60.4 Å². The van der Waals surface area contributed by atoms with Gasteiger partial charge in [0.05, 0.1) is 17.3 Å². The lowest BCUT2D eigenvalue weighted by molar-refractivity contribution is 0.215. The van der Waals surface area contributed by atoms with Crippen molar-refractivity contribution in [3.63, 3.8) is 0 Å². The summed E-state index contributed by atoms with van der Waals surface area (Å²) in [6.07, 6.45) is 2.65. The van der Waals surface area contributed by atoms with Crippen molar-refractivity contribution in [2.45, 2.75) is 32.7 Å². The average Bonchev–Trinajstić information content (AvgIpc) is 3.18. The number of fused-ring (bicyclic) bond motifs is 3. The zero-order chi connectivity index (χ0) is 24.1. The Morgan fingerprint density at radius 2 is 1.76 bits per heavy atom. The largest absolute Gasteiger partial charge is 0.418 e. The number of anilines is 1. The molecule has 1 amide bonds. The first-order valence-corrected chi connectivity index (χ1v) is 13.0. The number of imidazole rings is 1. The van der Waals surface area contributed by atoms with Crippen molar-refractivity contribution >= 4 is 43.9 Å². The molecular weight excluding hydrogens is 454 g/mol.